The molecule has 20 heavy (non-hydrogen) atoms. The standard InChI is InChI=1S/C16H30O3Si/c1-9-13-10-14(19-15(13)17-6)11-18-20(7,8)16(4,5)12(2)3/h9-10,12,14-15H,1,11H2,2-8H3/t14-,15+/m0/s1. The van der Waals surface area contributed by atoms with Crippen molar-refractivity contribution in [2.45, 2.75) is 58.2 Å². The minimum atomic E-state index is -1.80. The summed E-state index contributed by atoms with van der Waals surface area (Å²) in [6, 6.07) is 0. The average molecular weight is 298 g/mol. The zero-order valence-electron chi connectivity index (χ0n) is 14.0. The van der Waals surface area contributed by atoms with E-state index in [0.717, 1.165) is 5.57 Å². The summed E-state index contributed by atoms with van der Waals surface area (Å²) in [7, 11) is -0.157. The Bertz CT molecular complexity index is 372. The lowest BCUT2D eigenvalue weighted by atomic mass is 9.99. The Labute approximate surface area is 125 Å². The molecule has 3 nitrogen and oxygen atoms in total. The number of rotatable bonds is 7. The van der Waals surface area contributed by atoms with Crippen molar-refractivity contribution >= 4 is 8.32 Å². The molecule has 0 N–H and O–H groups in total. The first-order valence-corrected chi connectivity index (χ1v) is 10.2. The van der Waals surface area contributed by atoms with Crippen molar-refractivity contribution in [2.75, 3.05) is 13.7 Å². The topological polar surface area (TPSA) is 27.7 Å². The Balaban J connectivity index is 2.64. The van der Waals surface area contributed by atoms with Crippen molar-refractivity contribution in [1.82, 2.24) is 0 Å². The Morgan fingerprint density at radius 1 is 1.45 bits per heavy atom. The fourth-order valence-electron chi connectivity index (χ4n) is 2.18. The first-order chi connectivity index (χ1) is 9.15. The fourth-order valence-corrected chi connectivity index (χ4v) is 4.53. The van der Waals surface area contributed by atoms with Crippen molar-refractivity contribution in [3.8, 4) is 0 Å². The van der Waals surface area contributed by atoms with Crippen LogP contribution in [0.25, 0.3) is 0 Å². The van der Waals surface area contributed by atoms with Crippen LogP contribution in [0.15, 0.2) is 24.3 Å². The molecule has 0 fully saturated rings. The molecule has 0 amide bonds. The SMILES string of the molecule is C=CC1=C[C@@H](CO[Si](C)(C)C(C)(C)C(C)C)O[C@H]1OC. The number of hydrogen-bond acceptors (Lipinski definition) is 3. The highest BCUT2D eigenvalue weighted by Crippen LogP contribution is 2.44. The molecule has 1 heterocycles. The second kappa shape index (κ2) is 6.56. The number of methoxy groups -OCH3 is 1. The maximum Gasteiger partial charge on any atom is 0.192 e. The van der Waals surface area contributed by atoms with E-state index in [1.165, 1.54) is 0 Å². The van der Waals surface area contributed by atoms with Crippen molar-refractivity contribution in [3.63, 3.8) is 0 Å². The molecule has 2 atom stereocenters. The maximum absolute atomic E-state index is 6.30. The fraction of sp³-hybridized carbons (Fsp3) is 0.750. The molecule has 1 aliphatic rings. The Morgan fingerprint density at radius 2 is 2.05 bits per heavy atom. The molecular weight excluding hydrogens is 268 g/mol. The highest BCUT2D eigenvalue weighted by atomic mass is 28.4. The third-order valence-electron chi connectivity index (χ3n) is 5.00. The molecule has 0 aromatic carbocycles. The van der Waals surface area contributed by atoms with Gasteiger partial charge in [-0.3, -0.25) is 0 Å². The third kappa shape index (κ3) is 3.61. The van der Waals surface area contributed by atoms with Crippen molar-refractivity contribution in [3.05, 3.63) is 24.3 Å². The van der Waals surface area contributed by atoms with Crippen molar-refractivity contribution < 1.29 is 13.9 Å². The van der Waals surface area contributed by atoms with Gasteiger partial charge in [0.05, 0.1) is 6.61 Å². The molecule has 116 valence electrons. The van der Waals surface area contributed by atoms with Gasteiger partial charge in [-0.25, -0.2) is 0 Å². The molecule has 0 unspecified atom stereocenters. The van der Waals surface area contributed by atoms with E-state index < -0.39 is 8.32 Å². The van der Waals surface area contributed by atoms with Crippen LogP contribution in [0.4, 0.5) is 0 Å². The summed E-state index contributed by atoms with van der Waals surface area (Å²) in [4.78, 5) is 0. The van der Waals surface area contributed by atoms with Gasteiger partial charge in [-0.2, -0.15) is 0 Å². The molecule has 0 bridgehead atoms. The lowest BCUT2D eigenvalue weighted by Gasteiger charge is -2.42. The predicted octanol–water partition coefficient (Wildman–Crippen LogP) is 4.13. The highest BCUT2D eigenvalue weighted by Gasteiger charge is 2.43. The van der Waals surface area contributed by atoms with E-state index in [2.05, 4.69) is 47.4 Å². The molecule has 0 saturated carbocycles. The summed E-state index contributed by atoms with van der Waals surface area (Å²) >= 11 is 0. The van der Waals surface area contributed by atoms with Gasteiger partial charge in [-0.15, -0.1) is 0 Å². The number of hydrogen-bond donors (Lipinski definition) is 0. The Morgan fingerprint density at radius 3 is 2.45 bits per heavy atom. The van der Waals surface area contributed by atoms with Crippen LogP contribution in [0.2, 0.25) is 18.1 Å². The highest BCUT2D eigenvalue weighted by molar-refractivity contribution is 6.74. The summed E-state index contributed by atoms with van der Waals surface area (Å²) in [5.74, 6) is 0.597. The van der Waals surface area contributed by atoms with Gasteiger partial charge < -0.3 is 13.9 Å². The van der Waals surface area contributed by atoms with Gasteiger partial charge in [0, 0.05) is 12.7 Å². The molecule has 0 aliphatic carbocycles. The van der Waals surface area contributed by atoms with E-state index in [1.54, 1.807) is 13.2 Å². The lowest BCUT2D eigenvalue weighted by molar-refractivity contribution is -0.110. The molecule has 0 radical (unpaired) electrons. The maximum atomic E-state index is 6.30. The predicted molar refractivity (Wildman–Crippen MR) is 86.3 cm³/mol. The average Bonchev–Trinajstić information content (AvgIpc) is 2.78. The summed E-state index contributed by atoms with van der Waals surface area (Å²) in [6.45, 7) is 18.1. The van der Waals surface area contributed by atoms with E-state index in [4.69, 9.17) is 13.9 Å². The van der Waals surface area contributed by atoms with E-state index in [1.807, 2.05) is 6.08 Å². The van der Waals surface area contributed by atoms with E-state index >= 15 is 0 Å². The molecule has 4 heteroatoms. The lowest BCUT2D eigenvalue weighted by Crippen LogP contribution is -2.46. The molecule has 0 aromatic rings. The molecule has 0 spiro atoms. The quantitative estimate of drug-likeness (QED) is 0.661. The zero-order valence-corrected chi connectivity index (χ0v) is 15.0. The molecule has 1 rings (SSSR count). The van der Waals surface area contributed by atoms with E-state index in [0.29, 0.717) is 12.5 Å². The third-order valence-corrected chi connectivity index (χ3v) is 9.57. The van der Waals surface area contributed by atoms with Gasteiger partial charge >= 0.3 is 0 Å². The molecular formula is C16H30O3Si. The van der Waals surface area contributed by atoms with Crippen LogP contribution in [-0.4, -0.2) is 34.4 Å². The van der Waals surface area contributed by atoms with Crippen molar-refractivity contribution in [1.29, 1.82) is 0 Å². The van der Waals surface area contributed by atoms with Gasteiger partial charge in [0.25, 0.3) is 0 Å². The molecule has 1 aliphatic heterocycles. The van der Waals surface area contributed by atoms with Gasteiger partial charge in [0.2, 0.25) is 0 Å². The number of ether oxygens (including phenoxy) is 2. The Hall–Kier alpha value is -0.423. The van der Waals surface area contributed by atoms with Crippen LogP contribution in [0.1, 0.15) is 27.7 Å². The van der Waals surface area contributed by atoms with Crippen LogP contribution in [0.3, 0.4) is 0 Å². The van der Waals surface area contributed by atoms with Gasteiger partial charge in [-0.1, -0.05) is 40.3 Å². The van der Waals surface area contributed by atoms with Gasteiger partial charge in [-0.05, 0) is 30.1 Å². The minimum Gasteiger partial charge on any atom is -0.414 e. The summed E-state index contributed by atoms with van der Waals surface area (Å²) in [5, 5.41) is 0.219. The smallest absolute Gasteiger partial charge is 0.192 e. The van der Waals surface area contributed by atoms with E-state index in [9.17, 15) is 0 Å². The monoisotopic (exact) mass is 298 g/mol. The van der Waals surface area contributed by atoms with Crippen LogP contribution in [0.5, 0.6) is 0 Å². The van der Waals surface area contributed by atoms with Gasteiger partial charge in [0.15, 0.2) is 14.6 Å². The summed E-state index contributed by atoms with van der Waals surface area (Å²) in [6.07, 6.45) is 3.50. The van der Waals surface area contributed by atoms with Crippen molar-refractivity contribution in [2.24, 2.45) is 5.92 Å². The summed E-state index contributed by atoms with van der Waals surface area (Å²) in [5.41, 5.74) is 0.990. The van der Waals surface area contributed by atoms with Crippen LogP contribution >= 0.6 is 0 Å². The van der Waals surface area contributed by atoms with Gasteiger partial charge in [0.1, 0.15) is 6.10 Å². The molecule has 0 aromatic heterocycles. The normalized spacial score (nSPS) is 24.1. The van der Waals surface area contributed by atoms with Crippen LogP contribution in [0, 0.1) is 5.92 Å². The first kappa shape index (κ1) is 17.6. The zero-order chi connectivity index (χ0) is 15.6. The largest absolute Gasteiger partial charge is 0.414 e. The second-order valence-corrected chi connectivity index (χ2v) is 11.4. The summed E-state index contributed by atoms with van der Waals surface area (Å²) < 4.78 is 17.4. The Kier molecular flexibility index (Phi) is 5.78. The van der Waals surface area contributed by atoms with Crippen LogP contribution < -0.4 is 0 Å². The second-order valence-electron chi connectivity index (χ2n) is 6.81. The minimum absolute atomic E-state index is 0.0392. The van der Waals surface area contributed by atoms with Crippen LogP contribution in [-0.2, 0) is 13.9 Å². The molecule has 0 saturated heterocycles. The van der Waals surface area contributed by atoms with E-state index in [-0.39, 0.29) is 17.4 Å². The first-order valence-electron chi connectivity index (χ1n) is 7.32.